The highest BCUT2D eigenvalue weighted by atomic mass is 35.5. The minimum Gasteiger partial charge on any atom is -0.493 e. The average molecular weight is 573 g/mol. The Morgan fingerprint density at radius 2 is 2.03 bits per heavy atom. The zero-order valence-electron chi connectivity index (χ0n) is 20.7. The molecule has 0 saturated carbocycles. The van der Waals surface area contributed by atoms with Gasteiger partial charge in [-0.2, -0.15) is 4.37 Å². The summed E-state index contributed by atoms with van der Waals surface area (Å²) in [4.78, 5) is 40.5. The summed E-state index contributed by atoms with van der Waals surface area (Å²) in [5.41, 5.74) is 1.91. The molecule has 8 nitrogen and oxygen atoms in total. The quantitative estimate of drug-likeness (QED) is 0.312. The van der Waals surface area contributed by atoms with Crippen molar-refractivity contribution in [1.82, 2.24) is 19.2 Å². The lowest BCUT2D eigenvalue weighted by Gasteiger charge is -2.24. The molecular formula is C27H23ClF2N4O4S. The number of amides is 2. The molecule has 2 aromatic heterocycles. The Morgan fingerprint density at radius 1 is 1.23 bits per heavy atom. The zero-order chi connectivity index (χ0) is 27.8. The second-order valence-corrected chi connectivity index (χ2v) is 10.5. The minimum atomic E-state index is -1.40. The smallest absolute Gasteiger partial charge is 0.243 e. The van der Waals surface area contributed by atoms with E-state index in [1.165, 1.54) is 30.0 Å². The number of hydrogen-bond donors (Lipinski definition) is 2. The molecule has 0 bridgehead atoms. The Bertz CT molecular complexity index is 1600. The first kappa shape index (κ1) is 26.8. The number of carbonyl (C=O) groups excluding carboxylic acids is 3. The van der Waals surface area contributed by atoms with Gasteiger partial charge in [0, 0.05) is 47.3 Å². The summed E-state index contributed by atoms with van der Waals surface area (Å²) >= 11 is 6.90. The largest absolute Gasteiger partial charge is 0.493 e. The number of Topliss-reactive ketones (excluding diaryl/α,β-unsaturated/α-hetero) is 1. The standard InChI is InChI=1S/C27H23ClF2N4O4S/c1-14(35)19-12-33(21-7-15(5-6-18(19)21)23-9-24(36)32-39-23)13-25(37)34-11-17(29)8-22(34)27(38)31-10-16-3-2-4-20(28)26(16)30/h2-7,9,12,17,22H,8,10-11,13H2,1H3,(H,31,38)(H,32,36)/t17-,22+/m1/s1. The molecular weight excluding hydrogens is 550 g/mol. The van der Waals surface area contributed by atoms with Crippen molar-refractivity contribution in [1.29, 1.82) is 0 Å². The summed E-state index contributed by atoms with van der Waals surface area (Å²) in [5, 5.41) is 12.8. The lowest BCUT2D eigenvalue weighted by molar-refractivity contribution is -0.139. The van der Waals surface area contributed by atoms with Gasteiger partial charge in [-0.05, 0) is 36.2 Å². The number of rotatable bonds is 7. The molecule has 1 aliphatic heterocycles. The maximum Gasteiger partial charge on any atom is 0.243 e. The summed E-state index contributed by atoms with van der Waals surface area (Å²) in [7, 11) is 0. The van der Waals surface area contributed by atoms with Gasteiger partial charge in [-0.1, -0.05) is 35.9 Å². The van der Waals surface area contributed by atoms with Crippen LogP contribution < -0.4 is 5.32 Å². The molecule has 202 valence electrons. The summed E-state index contributed by atoms with van der Waals surface area (Å²) < 4.78 is 34.1. The molecule has 12 heteroatoms. The van der Waals surface area contributed by atoms with E-state index >= 15 is 0 Å². The minimum absolute atomic E-state index is 0.0811. The van der Waals surface area contributed by atoms with E-state index < -0.39 is 29.8 Å². The lowest BCUT2D eigenvalue weighted by atomic mass is 10.1. The molecule has 1 fully saturated rings. The van der Waals surface area contributed by atoms with E-state index in [9.17, 15) is 28.3 Å². The van der Waals surface area contributed by atoms with E-state index in [0.29, 0.717) is 21.3 Å². The lowest BCUT2D eigenvalue weighted by Crippen LogP contribution is -2.46. The van der Waals surface area contributed by atoms with E-state index in [0.717, 1.165) is 17.1 Å². The molecule has 2 amide bonds. The molecule has 2 atom stereocenters. The van der Waals surface area contributed by atoms with Crippen molar-refractivity contribution in [2.45, 2.75) is 38.6 Å². The van der Waals surface area contributed by atoms with Gasteiger partial charge < -0.3 is 19.9 Å². The Balaban J connectivity index is 1.38. The fourth-order valence-electron chi connectivity index (χ4n) is 4.79. The number of ketones is 1. The fourth-order valence-corrected chi connectivity index (χ4v) is 5.62. The molecule has 1 saturated heterocycles. The molecule has 5 rings (SSSR count). The average Bonchev–Trinajstić information content (AvgIpc) is 3.61. The number of nitrogens with one attached hydrogen (secondary N) is 1. The Labute approximate surface area is 231 Å². The normalized spacial score (nSPS) is 17.1. The van der Waals surface area contributed by atoms with Crippen molar-refractivity contribution in [3.63, 3.8) is 0 Å². The molecule has 2 aromatic carbocycles. The van der Waals surface area contributed by atoms with Crippen LogP contribution in [0.15, 0.2) is 48.7 Å². The van der Waals surface area contributed by atoms with E-state index in [2.05, 4.69) is 9.69 Å². The zero-order valence-corrected chi connectivity index (χ0v) is 22.2. The maximum atomic E-state index is 14.4. The summed E-state index contributed by atoms with van der Waals surface area (Å²) in [5.74, 6) is -2.06. The first-order chi connectivity index (χ1) is 18.6. The maximum absolute atomic E-state index is 14.4. The molecule has 0 spiro atoms. The van der Waals surface area contributed by atoms with Crippen LogP contribution >= 0.6 is 23.1 Å². The number of alkyl halides is 1. The van der Waals surface area contributed by atoms with Gasteiger partial charge in [-0.25, -0.2) is 8.78 Å². The van der Waals surface area contributed by atoms with Crippen LogP contribution in [0.5, 0.6) is 5.88 Å². The highest BCUT2D eigenvalue weighted by molar-refractivity contribution is 7.09. The number of aromatic nitrogens is 2. The number of fused-ring (bicyclic) bond motifs is 1. The van der Waals surface area contributed by atoms with Crippen LogP contribution in [0, 0.1) is 5.82 Å². The van der Waals surface area contributed by atoms with Crippen molar-refractivity contribution in [2.24, 2.45) is 0 Å². The molecule has 3 heterocycles. The second-order valence-electron chi connectivity index (χ2n) is 9.33. The van der Waals surface area contributed by atoms with Crippen LogP contribution in [-0.4, -0.2) is 55.3 Å². The molecule has 1 aliphatic rings. The van der Waals surface area contributed by atoms with Crippen molar-refractivity contribution in [3.8, 4) is 16.3 Å². The third kappa shape index (κ3) is 5.37. The first-order valence-electron chi connectivity index (χ1n) is 12.1. The van der Waals surface area contributed by atoms with E-state index in [-0.39, 0.29) is 48.3 Å². The van der Waals surface area contributed by atoms with Crippen molar-refractivity contribution < 1.29 is 28.3 Å². The highest BCUT2D eigenvalue weighted by Crippen LogP contribution is 2.32. The highest BCUT2D eigenvalue weighted by Gasteiger charge is 2.39. The Kier molecular flexibility index (Phi) is 7.37. The first-order valence-corrected chi connectivity index (χ1v) is 13.2. The van der Waals surface area contributed by atoms with E-state index in [4.69, 9.17) is 11.6 Å². The van der Waals surface area contributed by atoms with Crippen LogP contribution in [0.2, 0.25) is 5.02 Å². The summed E-state index contributed by atoms with van der Waals surface area (Å²) in [6.07, 6.45) is -0.00846. The van der Waals surface area contributed by atoms with Gasteiger partial charge in [-0.15, -0.1) is 0 Å². The molecule has 0 radical (unpaired) electrons. The van der Waals surface area contributed by atoms with Crippen molar-refractivity contribution in [3.05, 3.63) is 70.6 Å². The SMILES string of the molecule is CC(=O)c1cn(CC(=O)N2C[C@H](F)C[C@H]2C(=O)NCc2cccc(Cl)c2F)c2cc(-c3cc(O)ns3)ccc12. The van der Waals surface area contributed by atoms with Crippen molar-refractivity contribution >= 4 is 51.6 Å². The van der Waals surface area contributed by atoms with Crippen LogP contribution in [0.1, 0.15) is 29.3 Å². The number of benzene rings is 2. The van der Waals surface area contributed by atoms with Gasteiger partial charge in [0.25, 0.3) is 0 Å². The Morgan fingerprint density at radius 3 is 2.74 bits per heavy atom. The van der Waals surface area contributed by atoms with Crippen LogP contribution in [0.3, 0.4) is 0 Å². The number of hydrogen-bond acceptors (Lipinski definition) is 6. The molecule has 4 aromatic rings. The van der Waals surface area contributed by atoms with Gasteiger partial charge in [0.05, 0.1) is 16.4 Å². The second kappa shape index (κ2) is 10.7. The third-order valence-electron chi connectivity index (χ3n) is 6.71. The summed E-state index contributed by atoms with van der Waals surface area (Å²) in [6.45, 7) is 0.765. The van der Waals surface area contributed by atoms with Crippen LogP contribution in [0.4, 0.5) is 8.78 Å². The molecule has 2 N–H and O–H groups in total. The van der Waals surface area contributed by atoms with E-state index in [1.807, 2.05) is 0 Å². The number of likely N-dealkylation sites (tertiary alicyclic amines) is 1. The van der Waals surface area contributed by atoms with E-state index in [1.54, 1.807) is 35.0 Å². The molecule has 39 heavy (non-hydrogen) atoms. The third-order valence-corrected chi connectivity index (χ3v) is 7.83. The van der Waals surface area contributed by atoms with Crippen molar-refractivity contribution in [2.75, 3.05) is 6.54 Å². The Hall–Kier alpha value is -3.83. The predicted molar refractivity (Wildman–Crippen MR) is 143 cm³/mol. The van der Waals surface area contributed by atoms with Gasteiger partial charge >= 0.3 is 0 Å². The van der Waals surface area contributed by atoms with Gasteiger partial charge in [0.1, 0.15) is 24.6 Å². The number of halogens is 3. The number of aromatic hydroxyl groups is 1. The summed E-state index contributed by atoms with van der Waals surface area (Å²) in [6, 6.07) is 10.2. The molecule has 0 aliphatic carbocycles. The number of nitrogens with zero attached hydrogens (tertiary/aromatic N) is 3. The van der Waals surface area contributed by atoms with Crippen LogP contribution in [-0.2, 0) is 22.7 Å². The molecule has 0 unspecified atom stereocenters. The predicted octanol–water partition coefficient (Wildman–Crippen LogP) is 4.72. The number of carbonyl (C=O) groups is 3. The van der Waals surface area contributed by atoms with Gasteiger partial charge in [-0.3, -0.25) is 14.4 Å². The van der Waals surface area contributed by atoms with Crippen LogP contribution in [0.25, 0.3) is 21.3 Å². The van der Waals surface area contributed by atoms with Gasteiger partial charge in [0.2, 0.25) is 17.7 Å². The van der Waals surface area contributed by atoms with Gasteiger partial charge in [0.15, 0.2) is 5.78 Å². The topological polar surface area (TPSA) is 105 Å². The monoisotopic (exact) mass is 572 g/mol. The fraction of sp³-hybridized carbons (Fsp3) is 0.259.